The van der Waals surface area contributed by atoms with Crippen molar-refractivity contribution >= 4 is 17.9 Å². The summed E-state index contributed by atoms with van der Waals surface area (Å²) in [5.74, 6) is -3.78. The van der Waals surface area contributed by atoms with Crippen LogP contribution in [0.2, 0.25) is 0 Å². The van der Waals surface area contributed by atoms with Crippen LogP contribution in [0.4, 0.5) is 0 Å². The fourth-order valence-corrected chi connectivity index (χ4v) is 6.96. The van der Waals surface area contributed by atoms with Crippen LogP contribution in [0.25, 0.3) is 0 Å². The van der Waals surface area contributed by atoms with Crippen LogP contribution in [0, 0.1) is 0 Å². The van der Waals surface area contributed by atoms with Crippen molar-refractivity contribution in [1.29, 1.82) is 0 Å². The molecule has 0 aliphatic carbocycles. The molecule has 0 heterocycles. The molecular weight excluding hydrogens is 711 g/mol. The Hall–Kier alpha value is -0.910. The van der Waals surface area contributed by atoms with E-state index in [1.54, 1.807) is 0 Å². The monoisotopic (exact) mass is 787 g/mol. The molecular formula is C39H75N2NaO12. The Bertz CT molecular complexity index is 902. The number of quaternary nitrogens is 2. The molecule has 15 heteroatoms. The standard InChI is InChI=1S/C39H76N2O12.Na/c1-7-10-11-12-13-14-15-16-17-18-19-40(8-2,28-34(4)51-25-22-48-31-37(42)43)20-21-41(9-3,29-35(5)52-26-23-49-32-38(44)45)30-36(6)53-27-24-50-33-39(46)47;/h34-36H,7-33H2,1-6H3,(H-2,42,43,44,45,46,47);/q;+1/p-1. The van der Waals surface area contributed by atoms with E-state index in [0.29, 0.717) is 24.2 Å². The molecule has 0 rings (SSSR count). The zero-order valence-corrected chi connectivity index (χ0v) is 37.1. The number of carbonyl (C=O) groups excluding carboxylic acids is 3. The van der Waals surface area contributed by atoms with E-state index < -0.39 is 37.7 Å². The number of hydrogen-bond donors (Lipinski definition) is 0. The topological polar surface area (TPSA) is 176 Å². The second-order valence-electron chi connectivity index (χ2n) is 14.5. The van der Waals surface area contributed by atoms with Crippen LogP contribution in [-0.4, -0.2) is 157 Å². The van der Waals surface area contributed by atoms with Crippen molar-refractivity contribution in [3.8, 4) is 0 Å². The number of carbonyl (C=O) groups is 3. The molecule has 0 aromatic rings. The van der Waals surface area contributed by atoms with Gasteiger partial charge in [-0.1, -0.05) is 58.3 Å². The molecule has 0 saturated heterocycles. The number of likely N-dealkylation sites (N-methyl/N-ethyl adjacent to an activating group) is 2. The molecule has 0 aliphatic rings. The number of hydrogen-bond acceptors (Lipinski definition) is 12. The Morgan fingerprint density at radius 3 is 1.11 bits per heavy atom. The Morgan fingerprint density at radius 1 is 0.463 bits per heavy atom. The van der Waals surface area contributed by atoms with Gasteiger partial charge in [-0.2, -0.15) is 0 Å². The normalized spacial score (nSPS) is 15.4. The van der Waals surface area contributed by atoms with E-state index in [-0.39, 0.29) is 80.9 Å². The van der Waals surface area contributed by atoms with E-state index in [1.165, 1.54) is 57.8 Å². The van der Waals surface area contributed by atoms with Crippen molar-refractivity contribution in [2.24, 2.45) is 0 Å². The molecule has 4 unspecified atom stereocenters. The summed E-state index contributed by atoms with van der Waals surface area (Å²) < 4.78 is 35.2. The quantitative estimate of drug-likeness (QED) is 0.0384. The van der Waals surface area contributed by atoms with Crippen LogP contribution in [0.1, 0.15) is 106 Å². The van der Waals surface area contributed by atoms with Crippen molar-refractivity contribution in [2.75, 3.05) is 112 Å². The van der Waals surface area contributed by atoms with Crippen LogP contribution in [0.5, 0.6) is 0 Å². The summed E-state index contributed by atoms with van der Waals surface area (Å²) >= 11 is 0. The fraction of sp³-hybridized carbons (Fsp3) is 0.923. The molecule has 4 atom stereocenters. The van der Waals surface area contributed by atoms with Gasteiger partial charge in [-0.15, -0.1) is 0 Å². The van der Waals surface area contributed by atoms with Crippen LogP contribution in [-0.2, 0) is 42.8 Å². The first-order chi connectivity index (χ1) is 25.3. The van der Waals surface area contributed by atoms with Gasteiger partial charge in [-0.3, -0.25) is 0 Å². The van der Waals surface area contributed by atoms with Crippen molar-refractivity contribution in [2.45, 2.75) is 124 Å². The second-order valence-corrected chi connectivity index (χ2v) is 14.5. The third-order valence-corrected chi connectivity index (χ3v) is 9.86. The van der Waals surface area contributed by atoms with Crippen molar-refractivity contribution in [3.05, 3.63) is 0 Å². The van der Waals surface area contributed by atoms with E-state index >= 15 is 0 Å². The Kier molecular flexibility index (Phi) is 36.0. The molecule has 0 amide bonds. The molecule has 0 N–H and O–H groups in total. The molecule has 314 valence electrons. The maximum absolute atomic E-state index is 10.7. The largest absolute Gasteiger partial charge is 1.00 e. The molecule has 0 radical (unpaired) electrons. The van der Waals surface area contributed by atoms with Crippen LogP contribution >= 0.6 is 0 Å². The van der Waals surface area contributed by atoms with Crippen molar-refractivity contribution in [3.63, 3.8) is 0 Å². The molecule has 54 heavy (non-hydrogen) atoms. The summed E-state index contributed by atoms with van der Waals surface area (Å²) in [6, 6.07) is 0. The first kappa shape index (κ1) is 55.2. The minimum Gasteiger partial charge on any atom is -0.548 e. The number of nitrogens with zero attached hydrogens (tertiary/aromatic N) is 2. The van der Waals surface area contributed by atoms with Gasteiger partial charge in [0, 0.05) is 0 Å². The number of rotatable bonds is 40. The van der Waals surface area contributed by atoms with E-state index in [2.05, 4.69) is 27.7 Å². The average molecular weight is 787 g/mol. The summed E-state index contributed by atoms with van der Waals surface area (Å²) in [5, 5.41) is 32.1. The number of carboxylic acid groups (broad SMARTS) is 3. The van der Waals surface area contributed by atoms with Crippen LogP contribution in [0.3, 0.4) is 0 Å². The van der Waals surface area contributed by atoms with Gasteiger partial charge in [0.1, 0.15) is 51.0 Å². The van der Waals surface area contributed by atoms with E-state index in [1.807, 2.05) is 13.8 Å². The zero-order chi connectivity index (χ0) is 39.8. The first-order valence-electron chi connectivity index (χ1n) is 20.2. The third kappa shape index (κ3) is 31.2. The second kappa shape index (κ2) is 35.3. The summed E-state index contributed by atoms with van der Waals surface area (Å²) in [6.07, 6.45) is 12.3. The SMILES string of the molecule is CCCCCCCCCCCC[N+](CC)(CC[N+](CC)(CC(C)OCCOCC(=O)[O-])CC(C)OCCOCC(=O)[O-])CC(C)OCCOCC(=O)[O-].[Na+]. The van der Waals surface area contributed by atoms with Gasteiger partial charge in [-0.25, -0.2) is 0 Å². The number of unbranched alkanes of at least 4 members (excludes halogenated alkanes) is 9. The number of aliphatic carboxylic acids is 3. The number of carboxylic acids is 3. The summed E-state index contributed by atoms with van der Waals surface area (Å²) in [7, 11) is 0. The summed E-state index contributed by atoms with van der Waals surface area (Å²) in [6.45, 7) is 19.4. The predicted octanol–water partition coefficient (Wildman–Crippen LogP) is -1.90. The molecule has 0 aromatic carbocycles. The maximum Gasteiger partial charge on any atom is 1.00 e. The smallest absolute Gasteiger partial charge is 0.548 e. The molecule has 0 saturated carbocycles. The molecule has 0 spiro atoms. The minimum atomic E-state index is -1.27. The van der Waals surface area contributed by atoms with Gasteiger partial charge in [0.25, 0.3) is 0 Å². The summed E-state index contributed by atoms with van der Waals surface area (Å²) in [5.41, 5.74) is 0. The predicted molar refractivity (Wildman–Crippen MR) is 196 cm³/mol. The molecule has 0 fully saturated rings. The van der Waals surface area contributed by atoms with Gasteiger partial charge in [0.05, 0.1) is 97.0 Å². The fourth-order valence-electron chi connectivity index (χ4n) is 6.96. The van der Waals surface area contributed by atoms with Gasteiger partial charge in [0.2, 0.25) is 0 Å². The maximum atomic E-state index is 10.7. The third-order valence-electron chi connectivity index (χ3n) is 9.86. The van der Waals surface area contributed by atoms with Gasteiger partial charge in [0.15, 0.2) is 0 Å². The van der Waals surface area contributed by atoms with E-state index in [4.69, 9.17) is 28.4 Å². The van der Waals surface area contributed by atoms with Crippen LogP contribution < -0.4 is 44.9 Å². The molecule has 0 aliphatic heterocycles. The Balaban J connectivity index is 0. The van der Waals surface area contributed by atoms with Crippen LogP contribution in [0.15, 0.2) is 0 Å². The summed E-state index contributed by atoms with van der Waals surface area (Å²) in [4.78, 5) is 32.1. The first-order valence-corrected chi connectivity index (χ1v) is 20.2. The molecule has 14 nitrogen and oxygen atoms in total. The van der Waals surface area contributed by atoms with Crippen molar-refractivity contribution in [1.82, 2.24) is 0 Å². The Labute approximate surface area is 349 Å². The average Bonchev–Trinajstić information content (AvgIpc) is 3.10. The van der Waals surface area contributed by atoms with E-state index in [9.17, 15) is 29.7 Å². The molecule has 0 bridgehead atoms. The minimum absolute atomic E-state index is 0. The van der Waals surface area contributed by atoms with Gasteiger partial charge < -0.3 is 67.1 Å². The van der Waals surface area contributed by atoms with E-state index in [0.717, 1.165) is 50.2 Å². The van der Waals surface area contributed by atoms with Gasteiger partial charge >= 0.3 is 29.6 Å². The zero-order valence-electron chi connectivity index (χ0n) is 35.1. The van der Waals surface area contributed by atoms with Gasteiger partial charge in [-0.05, 0) is 47.5 Å². The Morgan fingerprint density at radius 2 is 0.778 bits per heavy atom. The molecule has 0 aromatic heterocycles. The number of ether oxygens (including phenoxy) is 6. The van der Waals surface area contributed by atoms with Crippen molar-refractivity contribution < 1.29 is 96.6 Å².